The summed E-state index contributed by atoms with van der Waals surface area (Å²) in [5.74, 6) is 1.08. The second-order valence-corrected chi connectivity index (χ2v) is 4.23. The van der Waals surface area contributed by atoms with Crippen LogP contribution in [0.25, 0.3) is 0 Å². The van der Waals surface area contributed by atoms with E-state index >= 15 is 0 Å². The Morgan fingerprint density at radius 3 is 2.83 bits per heavy atom. The summed E-state index contributed by atoms with van der Waals surface area (Å²) in [4.78, 5) is 0. The Morgan fingerprint density at radius 2 is 2.17 bits per heavy atom. The van der Waals surface area contributed by atoms with E-state index in [0.29, 0.717) is 0 Å². The van der Waals surface area contributed by atoms with Crippen LogP contribution in [-0.4, -0.2) is 25.7 Å². The van der Waals surface area contributed by atoms with Crippen molar-refractivity contribution >= 4 is 0 Å². The van der Waals surface area contributed by atoms with E-state index in [2.05, 4.69) is 10.6 Å². The molecule has 0 amide bonds. The maximum Gasteiger partial charge on any atom is 0.0192 e. The van der Waals surface area contributed by atoms with E-state index in [4.69, 9.17) is 0 Å². The Bertz CT molecular complexity index is 126. The van der Waals surface area contributed by atoms with Gasteiger partial charge in [0.05, 0.1) is 0 Å². The molecule has 2 N–H and O–H groups in total. The molecule has 2 rings (SSSR count). The molecule has 2 heteroatoms. The Hall–Kier alpha value is -0.0800. The summed E-state index contributed by atoms with van der Waals surface area (Å²) in [6, 6.07) is 0.768. The van der Waals surface area contributed by atoms with Gasteiger partial charge < -0.3 is 10.6 Å². The van der Waals surface area contributed by atoms with Crippen molar-refractivity contribution in [3.8, 4) is 0 Å². The Balaban J connectivity index is 1.44. The molecular formula is C10H20N2. The molecule has 1 unspecified atom stereocenters. The lowest BCUT2D eigenvalue weighted by Gasteiger charge is -2.10. The highest BCUT2D eigenvalue weighted by molar-refractivity contribution is 4.77. The molecule has 1 saturated heterocycles. The summed E-state index contributed by atoms with van der Waals surface area (Å²) in [6.45, 7) is 3.66. The Morgan fingerprint density at radius 1 is 1.25 bits per heavy atom. The fourth-order valence-corrected chi connectivity index (χ4v) is 1.92. The third kappa shape index (κ3) is 2.76. The SMILES string of the molecule is C1CNC(CNCCC2CC2)C1. The summed E-state index contributed by atoms with van der Waals surface area (Å²) >= 11 is 0. The lowest BCUT2D eigenvalue weighted by atomic mass is 10.2. The van der Waals surface area contributed by atoms with E-state index in [1.54, 1.807) is 0 Å². The predicted octanol–water partition coefficient (Wildman–Crippen LogP) is 1.13. The molecule has 0 aromatic carbocycles. The number of hydrogen-bond donors (Lipinski definition) is 2. The Labute approximate surface area is 75.1 Å². The molecule has 1 atom stereocenters. The second kappa shape index (κ2) is 4.24. The molecule has 2 nitrogen and oxygen atoms in total. The van der Waals surface area contributed by atoms with Crippen molar-refractivity contribution in [1.29, 1.82) is 0 Å². The molecule has 0 bridgehead atoms. The van der Waals surface area contributed by atoms with E-state index in [-0.39, 0.29) is 0 Å². The van der Waals surface area contributed by atoms with Crippen LogP contribution in [0.3, 0.4) is 0 Å². The summed E-state index contributed by atoms with van der Waals surface area (Å²) in [5, 5.41) is 7.03. The van der Waals surface area contributed by atoms with Crippen LogP contribution in [0, 0.1) is 5.92 Å². The molecule has 1 aliphatic heterocycles. The average Bonchev–Trinajstić information content (AvgIpc) is 2.76. The van der Waals surface area contributed by atoms with Gasteiger partial charge in [0.15, 0.2) is 0 Å². The predicted molar refractivity (Wildman–Crippen MR) is 51.2 cm³/mol. The topological polar surface area (TPSA) is 24.1 Å². The minimum atomic E-state index is 0.768. The van der Waals surface area contributed by atoms with Crippen molar-refractivity contribution < 1.29 is 0 Å². The molecule has 12 heavy (non-hydrogen) atoms. The van der Waals surface area contributed by atoms with Crippen LogP contribution in [0.1, 0.15) is 32.1 Å². The molecule has 1 saturated carbocycles. The third-order valence-electron chi connectivity index (χ3n) is 2.98. The second-order valence-electron chi connectivity index (χ2n) is 4.23. The average molecular weight is 168 g/mol. The highest BCUT2D eigenvalue weighted by Crippen LogP contribution is 2.31. The van der Waals surface area contributed by atoms with Gasteiger partial charge in [-0.25, -0.2) is 0 Å². The van der Waals surface area contributed by atoms with Crippen LogP contribution >= 0.6 is 0 Å². The third-order valence-corrected chi connectivity index (χ3v) is 2.98. The van der Waals surface area contributed by atoms with Gasteiger partial charge >= 0.3 is 0 Å². The first-order chi connectivity index (χ1) is 5.95. The monoisotopic (exact) mass is 168 g/mol. The first-order valence-electron chi connectivity index (χ1n) is 5.39. The first kappa shape index (κ1) is 8.52. The van der Waals surface area contributed by atoms with Crippen molar-refractivity contribution in [1.82, 2.24) is 10.6 Å². The van der Waals surface area contributed by atoms with Crippen molar-refractivity contribution in [2.75, 3.05) is 19.6 Å². The van der Waals surface area contributed by atoms with Gasteiger partial charge in [0, 0.05) is 12.6 Å². The van der Waals surface area contributed by atoms with E-state index in [1.807, 2.05) is 0 Å². The van der Waals surface area contributed by atoms with Gasteiger partial charge in [0.2, 0.25) is 0 Å². The number of rotatable bonds is 5. The van der Waals surface area contributed by atoms with Crippen LogP contribution in [0.15, 0.2) is 0 Å². The molecule has 2 aliphatic rings. The van der Waals surface area contributed by atoms with Crippen molar-refractivity contribution in [2.45, 2.75) is 38.1 Å². The Kier molecular flexibility index (Phi) is 3.01. The van der Waals surface area contributed by atoms with Gasteiger partial charge in [-0.15, -0.1) is 0 Å². The zero-order valence-electron chi connectivity index (χ0n) is 7.81. The molecular weight excluding hydrogens is 148 g/mol. The summed E-state index contributed by atoms with van der Waals surface area (Å²) in [6.07, 6.45) is 7.13. The van der Waals surface area contributed by atoms with Crippen LogP contribution in [0.2, 0.25) is 0 Å². The standard InChI is InChI=1S/C10H20N2/c1-2-10(12-6-1)8-11-7-5-9-3-4-9/h9-12H,1-8H2. The van der Waals surface area contributed by atoms with Crippen LogP contribution in [0.5, 0.6) is 0 Å². The minimum absolute atomic E-state index is 0.768. The summed E-state index contributed by atoms with van der Waals surface area (Å²) < 4.78 is 0. The molecule has 2 fully saturated rings. The molecule has 0 spiro atoms. The minimum Gasteiger partial charge on any atom is -0.315 e. The zero-order valence-corrected chi connectivity index (χ0v) is 7.81. The van der Waals surface area contributed by atoms with Crippen LogP contribution in [0.4, 0.5) is 0 Å². The maximum absolute atomic E-state index is 3.54. The molecule has 0 aromatic heterocycles. The highest BCUT2D eigenvalue weighted by Gasteiger charge is 2.20. The van der Waals surface area contributed by atoms with Gasteiger partial charge in [0.1, 0.15) is 0 Å². The normalized spacial score (nSPS) is 29.5. The molecule has 70 valence electrons. The largest absolute Gasteiger partial charge is 0.315 e. The van der Waals surface area contributed by atoms with E-state index < -0.39 is 0 Å². The van der Waals surface area contributed by atoms with Crippen LogP contribution in [-0.2, 0) is 0 Å². The lowest BCUT2D eigenvalue weighted by molar-refractivity contribution is 0.520. The van der Waals surface area contributed by atoms with Gasteiger partial charge in [-0.1, -0.05) is 12.8 Å². The maximum atomic E-state index is 3.54. The molecule has 1 aliphatic carbocycles. The van der Waals surface area contributed by atoms with Crippen molar-refractivity contribution in [2.24, 2.45) is 5.92 Å². The van der Waals surface area contributed by atoms with Gasteiger partial charge in [-0.3, -0.25) is 0 Å². The number of nitrogens with one attached hydrogen (secondary N) is 2. The quantitative estimate of drug-likeness (QED) is 0.601. The fraction of sp³-hybridized carbons (Fsp3) is 1.00. The van der Waals surface area contributed by atoms with Crippen LogP contribution < -0.4 is 10.6 Å². The smallest absolute Gasteiger partial charge is 0.0192 e. The van der Waals surface area contributed by atoms with Crippen molar-refractivity contribution in [3.05, 3.63) is 0 Å². The van der Waals surface area contributed by atoms with E-state index in [9.17, 15) is 0 Å². The number of hydrogen-bond acceptors (Lipinski definition) is 2. The van der Waals surface area contributed by atoms with E-state index in [0.717, 1.165) is 12.0 Å². The highest BCUT2D eigenvalue weighted by atomic mass is 15.0. The van der Waals surface area contributed by atoms with Crippen molar-refractivity contribution in [3.63, 3.8) is 0 Å². The van der Waals surface area contributed by atoms with Gasteiger partial charge in [-0.2, -0.15) is 0 Å². The molecule has 0 aromatic rings. The summed E-state index contributed by atoms with van der Waals surface area (Å²) in [5.41, 5.74) is 0. The van der Waals surface area contributed by atoms with E-state index in [1.165, 1.54) is 51.7 Å². The fourth-order valence-electron chi connectivity index (χ4n) is 1.92. The first-order valence-corrected chi connectivity index (χ1v) is 5.39. The molecule has 1 heterocycles. The summed E-state index contributed by atoms with van der Waals surface area (Å²) in [7, 11) is 0. The van der Waals surface area contributed by atoms with Gasteiger partial charge in [0.25, 0.3) is 0 Å². The molecule has 0 radical (unpaired) electrons. The van der Waals surface area contributed by atoms with Gasteiger partial charge in [-0.05, 0) is 38.3 Å². The lowest BCUT2D eigenvalue weighted by Crippen LogP contribution is -2.34. The zero-order chi connectivity index (χ0) is 8.23.